The predicted molar refractivity (Wildman–Crippen MR) is 79.6 cm³/mol. The molecule has 0 fully saturated rings. The van der Waals surface area contributed by atoms with E-state index in [0.29, 0.717) is 0 Å². The van der Waals surface area contributed by atoms with Crippen LogP contribution in [0.25, 0.3) is 5.52 Å². The molecule has 0 bridgehead atoms. The molecule has 0 saturated carbocycles. The van der Waals surface area contributed by atoms with Gasteiger partial charge in [0.1, 0.15) is 5.03 Å². The summed E-state index contributed by atoms with van der Waals surface area (Å²) in [5.74, 6) is -0.823. The van der Waals surface area contributed by atoms with Crippen molar-refractivity contribution in [2.24, 2.45) is 0 Å². The van der Waals surface area contributed by atoms with E-state index < -0.39 is 5.97 Å². The first-order chi connectivity index (χ1) is 10.1. The Bertz CT molecular complexity index is 796. The fourth-order valence-electron chi connectivity index (χ4n) is 2.06. The minimum Gasteiger partial charge on any atom is -0.481 e. The Labute approximate surface area is 125 Å². The molecule has 1 N–H and O–H groups in total. The van der Waals surface area contributed by atoms with E-state index in [1.165, 1.54) is 11.8 Å². The van der Waals surface area contributed by atoms with Crippen molar-refractivity contribution in [2.75, 3.05) is 0 Å². The summed E-state index contributed by atoms with van der Waals surface area (Å²) in [6.07, 6.45) is 3.59. The van der Waals surface area contributed by atoms with E-state index in [9.17, 15) is 4.79 Å². The van der Waals surface area contributed by atoms with Gasteiger partial charge in [0.2, 0.25) is 0 Å². The third-order valence-electron chi connectivity index (χ3n) is 2.97. The summed E-state index contributed by atoms with van der Waals surface area (Å²) in [6, 6.07) is 9.49. The molecule has 0 aliphatic carbocycles. The van der Waals surface area contributed by atoms with E-state index in [-0.39, 0.29) is 6.42 Å². The maximum atomic E-state index is 10.7. The summed E-state index contributed by atoms with van der Waals surface area (Å²) in [5, 5.41) is 14.0. The highest BCUT2D eigenvalue weighted by Crippen LogP contribution is 2.29. The second-order valence-corrected chi connectivity index (χ2v) is 5.73. The van der Waals surface area contributed by atoms with Crippen LogP contribution in [0.2, 0.25) is 0 Å². The Morgan fingerprint density at radius 1 is 1.33 bits per heavy atom. The third kappa shape index (κ3) is 3.05. The van der Waals surface area contributed by atoms with Crippen molar-refractivity contribution < 1.29 is 9.90 Å². The maximum absolute atomic E-state index is 10.7. The molecule has 0 aliphatic heterocycles. The number of rotatable bonds is 4. The Hall–Kier alpha value is -2.34. The van der Waals surface area contributed by atoms with Gasteiger partial charge in [-0.3, -0.25) is 4.79 Å². The lowest BCUT2D eigenvalue weighted by Crippen LogP contribution is -1.99. The second-order valence-electron chi connectivity index (χ2n) is 4.66. The van der Waals surface area contributed by atoms with Crippen LogP contribution >= 0.6 is 11.8 Å². The lowest BCUT2D eigenvalue weighted by atomic mass is 10.2. The molecule has 21 heavy (non-hydrogen) atoms. The first-order valence-electron chi connectivity index (χ1n) is 6.41. The highest BCUT2D eigenvalue weighted by molar-refractivity contribution is 7.99. The van der Waals surface area contributed by atoms with Crippen molar-refractivity contribution in [3.8, 4) is 0 Å². The Morgan fingerprint density at radius 2 is 2.10 bits per heavy atom. The van der Waals surface area contributed by atoms with Gasteiger partial charge in [0.05, 0.1) is 17.6 Å². The molecule has 0 atom stereocenters. The number of aliphatic carboxylic acids is 1. The second kappa shape index (κ2) is 5.57. The fourth-order valence-corrected chi connectivity index (χ4v) is 2.93. The standard InChI is InChI=1S/C15H13N3O2S/c1-10-8-13-15(16-6-7-18(13)17-10)21-12-4-2-11(3-5-12)9-14(19)20/h2-8H,9H2,1H3,(H,19,20). The summed E-state index contributed by atoms with van der Waals surface area (Å²) >= 11 is 1.54. The number of nitrogens with zero attached hydrogens (tertiary/aromatic N) is 3. The summed E-state index contributed by atoms with van der Waals surface area (Å²) in [4.78, 5) is 16.1. The number of hydrogen-bond acceptors (Lipinski definition) is 4. The van der Waals surface area contributed by atoms with Crippen LogP contribution in [0.4, 0.5) is 0 Å². The first-order valence-corrected chi connectivity index (χ1v) is 7.23. The van der Waals surface area contributed by atoms with E-state index in [1.54, 1.807) is 6.20 Å². The molecular weight excluding hydrogens is 286 g/mol. The average molecular weight is 299 g/mol. The van der Waals surface area contributed by atoms with Crippen molar-refractivity contribution in [3.05, 3.63) is 54.0 Å². The van der Waals surface area contributed by atoms with E-state index in [1.807, 2.05) is 48.0 Å². The topological polar surface area (TPSA) is 67.5 Å². The summed E-state index contributed by atoms with van der Waals surface area (Å²) in [5.41, 5.74) is 2.70. The lowest BCUT2D eigenvalue weighted by Gasteiger charge is -2.04. The SMILES string of the molecule is Cc1cc2c(Sc3ccc(CC(=O)O)cc3)nccn2n1. The van der Waals surface area contributed by atoms with E-state index in [4.69, 9.17) is 5.11 Å². The fraction of sp³-hybridized carbons (Fsp3) is 0.133. The molecule has 0 amide bonds. The molecule has 0 aliphatic rings. The van der Waals surface area contributed by atoms with Crippen LogP contribution in [-0.2, 0) is 11.2 Å². The van der Waals surface area contributed by atoms with Gasteiger partial charge in [-0.1, -0.05) is 23.9 Å². The maximum Gasteiger partial charge on any atom is 0.307 e. The lowest BCUT2D eigenvalue weighted by molar-refractivity contribution is -0.136. The van der Waals surface area contributed by atoms with Crippen LogP contribution in [0.1, 0.15) is 11.3 Å². The minimum absolute atomic E-state index is 0.0423. The zero-order valence-electron chi connectivity index (χ0n) is 11.4. The normalized spacial score (nSPS) is 10.9. The first kappa shape index (κ1) is 13.6. The van der Waals surface area contributed by atoms with E-state index >= 15 is 0 Å². The van der Waals surface area contributed by atoms with E-state index in [2.05, 4.69) is 10.1 Å². The van der Waals surface area contributed by atoms with Crippen LogP contribution in [0.15, 0.2) is 52.6 Å². The molecular formula is C15H13N3O2S. The quantitative estimate of drug-likeness (QED) is 0.802. The van der Waals surface area contributed by atoms with Crippen LogP contribution in [-0.4, -0.2) is 25.7 Å². The van der Waals surface area contributed by atoms with Crippen LogP contribution in [0, 0.1) is 6.92 Å². The summed E-state index contributed by atoms with van der Waals surface area (Å²) < 4.78 is 1.81. The Balaban J connectivity index is 1.86. The molecule has 2 heterocycles. The Kier molecular flexibility index (Phi) is 3.62. The number of carbonyl (C=O) groups is 1. The van der Waals surface area contributed by atoms with Gasteiger partial charge in [-0.2, -0.15) is 5.10 Å². The molecule has 0 radical (unpaired) electrons. The molecule has 3 aromatic rings. The minimum atomic E-state index is -0.823. The van der Waals surface area contributed by atoms with Gasteiger partial charge >= 0.3 is 5.97 Å². The van der Waals surface area contributed by atoms with Crippen molar-refractivity contribution in [1.82, 2.24) is 14.6 Å². The van der Waals surface area contributed by atoms with Crippen LogP contribution in [0.3, 0.4) is 0 Å². The molecule has 5 nitrogen and oxygen atoms in total. The molecule has 0 spiro atoms. The van der Waals surface area contributed by atoms with E-state index in [0.717, 1.165) is 26.7 Å². The molecule has 6 heteroatoms. The molecule has 3 rings (SSSR count). The smallest absolute Gasteiger partial charge is 0.307 e. The Morgan fingerprint density at radius 3 is 2.81 bits per heavy atom. The molecule has 106 valence electrons. The summed E-state index contributed by atoms with van der Waals surface area (Å²) in [7, 11) is 0. The number of carboxylic acid groups (broad SMARTS) is 1. The van der Waals surface area contributed by atoms with Gasteiger partial charge in [-0.25, -0.2) is 9.50 Å². The van der Waals surface area contributed by atoms with Crippen molar-refractivity contribution in [1.29, 1.82) is 0 Å². The van der Waals surface area contributed by atoms with Crippen molar-refractivity contribution in [2.45, 2.75) is 23.3 Å². The highest BCUT2D eigenvalue weighted by atomic mass is 32.2. The van der Waals surface area contributed by atoms with Gasteiger partial charge in [-0.05, 0) is 30.7 Å². The number of aryl methyl sites for hydroxylation is 1. The monoisotopic (exact) mass is 299 g/mol. The van der Waals surface area contributed by atoms with Crippen molar-refractivity contribution >= 4 is 23.2 Å². The van der Waals surface area contributed by atoms with Crippen LogP contribution < -0.4 is 0 Å². The predicted octanol–water partition coefficient (Wildman–Crippen LogP) is 2.82. The zero-order valence-corrected chi connectivity index (χ0v) is 12.2. The molecule has 1 aromatic carbocycles. The largest absolute Gasteiger partial charge is 0.481 e. The average Bonchev–Trinajstić information content (AvgIpc) is 2.82. The van der Waals surface area contributed by atoms with Gasteiger partial charge in [0.25, 0.3) is 0 Å². The molecule has 0 saturated heterocycles. The highest BCUT2D eigenvalue weighted by Gasteiger charge is 2.07. The number of benzene rings is 1. The molecule has 0 unspecified atom stereocenters. The number of carboxylic acids is 1. The number of hydrogen-bond donors (Lipinski definition) is 1. The third-order valence-corrected chi connectivity index (χ3v) is 3.99. The summed E-state index contributed by atoms with van der Waals surface area (Å²) in [6.45, 7) is 1.95. The van der Waals surface area contributed by atoms with Gasteiger partial charge in [-0.15, -0.1) is 0 Å². The molecule has 2 aromatic heterocycles. The van der Waals surface area contributed by atoms with Gasteiger partial charge in [0.15, 0.2) is 0 Å². The van der Waals surface area contributed by atoms with Gasteiger partial charge < -0.3 is 5.11 Å². The number of fused-ring (bicyclic) bond motifs is 1. The zero-order chi connectivity index (χ0) is 14.8. The number of aromatic nitrogens is 3. The van der Waals surface area contributed by atoms with Crippen LogP contribution in [0.5, 0.6) is 0 Å². The van der Waals surface area contributed by atoms with Crippen molar-refractivity contribution in [3.63, 3.8) is 0 Å². The van der Waals surface area contributed by atoms with Gasteiger partial charge in [0, 0.05) is 17.3 Å².